The number of hydrogen-bond donors (Lipinski definition) is 1. The number of aliphatic hydroxyl groups is 1. The topological polar surface area (TPSA) is 165 Å². The summed E-state index contributed by atoms with van der Waals surface area (Å²) in [5.41, 5.74) is 2.85. The molecule has 0 spiro atoms. The number of ether oxygens (including phenoxy) is 2. The van der Waals surface area contributed by atoms with E-state index in [0.29, 0.717) is 34.9 Å². The van der Waals surface area contributed by atoms with Crippen molar-refractivity contribution in [2.24, 2.45) is 5.92 Å². The fourth-order valence-electron chi connectivity index (χ4n) is 6.05. The van der Waals surface area contributed by atoms with Crippen LogP contribution in [0.15, 0.2) is 95.4 Å². The van der Waals surface area contributed by atoms with E-state index in [2.05, 4.69) is 4.98 Å². The molecule has 0 bridgehead atoms. The maximum Gasteiger partial charge on any atom is 1.00 e. The van der Waals surface area contributed by atoms with Gasteiger partial charge in [0.2, 0.25) is 12.7 Å². The van der Waals surface area contributed by atoms with Crippen LogP contribution in [0.25, 0.3) is 27.9 Å². The molecule has 246 valence electrons. The van der Waals surface area contributed by atoms with Gasteiger partial charge in [0.05, 0.1) is 0 Å². The zero-order valence-corrected chi connectivity index (χ0v) is 32.0. The molecule has 1 aromatic heterocycles. The Hall–Kier alpha value is -3.68. The quantitative estimate of drug-likeness (QED) is 0.127. The van der Waals surface area contributed by atoms with Crippen LogP contribution in [0.5, 0.6) is 11.5 Å². The molecule has 6 rings (SSSR count). The average molecular weight is 695 g/mol. The first-order valence-corrected chi connectivity index (χ1v) is 15.5. The molecule has 4 aromatic carbocycles. The van der Waals surface area contributed by atoms with E-state index in [4.69, 9.17) is 13.9 Å². The van der Waals surface area contributed by atoms with Crippen molar-refractivity contribution in [3.05, 3.63) is 108 Å². The Morgan fingerprint density at radius 1 is 0.920 bits per heavy atom. The molecular weight excluding hydrogens is 662 g/mol. The van der Waals surface area contributed by atoms with Gasteiger partial charge in [-0.25, -0.2) is 4.98 Å². The van der Waals surface area contributed by atoms with Crippen molar-refractivity contribution >= 4 is 45.8 Å². The van der Waals surface area contributed by atoms with Crippen molar-refractivity contribution < 1.29 is 103 Å². The minimum atomic E-state index is -2.21. The number of aliphatic carboxylic acids is 2. The van der Waals surface area contributed by atoms with E-state index in [1.54, 1.807) is 19.1 Å². The third kappa shape index (κ3) is 8.96. The minimum Gasteiger partial charge on any atom is -0.550 e. The van der Waals surface area contributed by atoms with Crippen LogP contribution in [-0.2, 0) is 20.9 Å². The second-order valence-corrected chi connectivity index (χ2v) is 11.7. The molecule has 0 fully saturated rings. The Balaban J connectivity index is 0.00000281. The van der Waals surface area contributed by atoms with E-state index in [0.717, 1.165) is 21.9 Å². The number of para-hydroxylation sites is 2. The molecule has 2 heterocycles. The molecule has 50 heavy (non-hydrogen) atoms. The Bertz CT molecular complexity index is 1980. The van der Waals surface area contributed by atoms with E-state index in [-0.39, 0.29) is 72.5 Å². The molecule has 1 N–H and O–H groups in total. The van der Waals surface area contributed by atoms with Gasteiger partial charge >= 0.3 is 59.1 Å². The van der Waals surface area contributed by atoms with Gasteiger partial charge in [0, 0.05) is 36.4 Å². The number of carbonyl (C=O) groups is 3. The number of rotatable bonds is 13. The molecule has 0 unspecified atom stereocenters. The molecule has 5 aromatic rings. The summed E-state index contributed by atoms with van der Waals surface area (Å²) in [4.78, 5) is 43.2. The fourth-order valence-corrected chi connectivity index (χ4v) is 6.05. The molecule has 13 heteroatoms. The van der Waals surface area contributed by atoms with Crippen molar-refractivity contribution in [2.75, 3.05) is 6.79 Å². The van der Waals surface area contributed by atoms with Gasteiger partial charge in [0.25, 0.3) is 5.91 Å². The van der Waals surface area contributed by atoms with Gasteiger partial charge in [0.1, 0.15) is 11.6 Å². The van der Waals surface area contributed by atoms with Crippen LogP contribution in [0.3, 0.4) is 0 Å². The van der Waals surface area contributed by atoms with Crippen molar-refractivity contribution in [3.63, 3.8) is 0 Å². The molecule has 1 aliphatic rings. The number of aromatic nitrogens is 1. The van der Waals surface area contributed by atoms with Crippen LogP contribution < -0.4 is 78.8 Å². The maximum atomic E-state index is 14.1. The second kappa shape index (κ2) is 17.5. The van der Waals surface area contributed by atoms with E-state index in [9.17, 15) is 29.7 Å². The van der Waals surface area contributed by atoms with Crippen LogP contribution in [-0.4, -0.2) is 51.8 Å². The monoisotopic (exact) mass is 694 g/mol. The first-order valence-electron chi connectivity index (χ1n) is 15.5. The number of carbonyl (C=O) groups excluding carboxylic acids is 3. The van der Waals surface area contributed by atoms with Crippen molar-refractivity contribution in [1.82, 2.24) is 9.88 Å². The number of fused-ring (bicyclic) bond motifs is 3. The molecule has 11 nitrogen and oxygen atoms in total. The zero-order chi connectivity index (χ0) is 33.8. The molecular formula is C37H32N2Na2O9. The molecule has 1 aliphatic heterocycles. The summed E-state index contributed by atoms with van der Waals surface area (Å²) in [5, 5.41) is 36.2. The van der Waals surface area contributed by atoms with Crippen molar-refractivity contribution in [2.45, 2.75) is 44.4 Å². The molecule has 4 atom stereocenters. The predicted octanol–water partition coefficient (Wildman–Crippen LogP) is -2.81. The van der Waals surface area contributed by atoms with Crippen molar-refractivity contribution in [1.29, 1.82) is 0 Å². The molecule has 0 saturated carbocycles. The summed E-state index contributed by atoms with van der Waals surface area (Å²) in [6.07, 6.45) is 0.671. The number of aliphatic hydroxyl groups excluding tert-OH is 1. The first kappa shape index (κ1) is 39.1. The third-order valence-electron chi connectivity index (χ3n) is 8.63. The van der Waals surface area contributed by atoms with Gasteiger partial charge in [-0.15, -0.1) is 0 Å². The van der Waals surface area contributed by atoms with Gasteiger partial charge in [-0.05, 0) is 78.1 Å². The van der Waals surface area contributed by atoms with Gasteiger partial charge in [-0.1, -0.05) is 60.7 Å². The van der Waals surface area contributed by atoms with E-state index < -0.39 is 48.2 Å². The van der Waals surface area contributed by atoms with Gasteiger partial charge in [-0.2, -0.15) is 0 Å². The van der Waals surface area contributed by atoms with Crippen LogP contribution in [0.1, 0.15) is 42.7 Å². The molecule has 1 amide bonds. The van der Waals surface area contributed by atoms with Crippen LogP contribution in [0.2, 0.25) is 0 Å². The SMILES string of the molecule is C[C@H]([C@H](C/C=C/c1nc2ccccc2o1)c1ccc2c(c1)OCO2)N(Cc1ccc2ccccc2c1)C(=O)[C@@H](O)[C@H](CC(=O)[O-])C(=O)[O-].[Na+].[Na+]. The Morgan fingerprint density at radius 2 is 1.64 bits per heavy atom. The van der Waals surface area contributed by atoms with E-state index >= 15 is 0 Å². The Morgan fingerprint density at radius 3 is 2.38 bits per heavy atom. The normalized spacial score (nSPS) is 14.4. The van der Waals surface area contributed by atoms with Crippen LogP contribution in [0.4, 0.5) is 0 Å². The standard InChI is InChI=1S/C37H34N2O9.2Na/c1-22(27(26-15-16-31-32(18-26)47-21-46-31)9-6-12-33-38-29-10-4-5-11-30(29)48-33)39(36(43)35(42)28(37(44)45)19-34(40)41)20-23-13-14-24-7-2-3-8-25(24)17-23;;/h2-8,10-18,22,27-28,35,42H,9,19-21H2,1H3,(H,40,41)(H,44,45);;/q;2*+1/p-2/b12-6+;;/t22-,27+,28+,35+;;/m1../s1. The largest absolute Gasteiger partial charge is 1.00 e. The predicted molar refractivity (Wildman–Crippen MR) is 171 cm³/mol. The smallest absolute Gasteiger partial charge is 0.550 e. The number of allylic oxidation sites excluding steroid dienone is 1. The third-order valence-corrected chi connectivity index (χ3v) is 8.63. The van der Waals surface area contributed by atoms with Crippen LogP contribution in [0, 0.1) is 5.92 Å². The summed E-state index contributed by atoms with van der Waals surface area (Å²) in [5.74, 6) is -5.50. The number of oxazole rings is 1. The van der Waals surface area contributed by atoms with E-state index in [1.807, 2.05) is 84.9 Å². The fraction of sp³-hybridized carbons (Fsp3) is 0.243. The van der Waals surface area contributed by atoms with Gasteiger partial charge < -0.3 is 43.7 Å². The first-order chi connectivity index (χ1) is 23.2. The van der Waals surface area contributed by atoms with E-state index in [1.165, 1.54) is 4.90 Å². The maximum absolute atomic E-state index is 14.1. The van der Waals surface area contributed by atoms with Gasteiger partial charge in [0.15, 0.2) is 17.1 Å². The Kier molecular flexibility index (Phi) is 13.7. The van der Waals surface area contributed by atoms with Gasteiger partial charge in [-0.3, -0.25) is 4.79 Å². The summed E-state index contributed by atoms with van der Waals surface area (Å²) >= 11 is 0. The number of carboxylic acids is 2. The molecule has 0 aliphatic carbocycles. The second-order valence-electron chi connectivity index (χ2n) is 11.7. The number of benzene rings is 4. The number of nitrogens with zero attached hydrogens (tertiary/aromatic N) is 2. The Labute approximate surface area is 332 Å². The number of hydrogen-bond acceptors (Lipinski definition) is 10. The number of amides is 1. The summed E-state index contributed by atoms with van der Waals surface area (Å²) in [6, 6.07) is 25.5. The number of carboxylic acid groups (broad SMARTS) is 2. The molecule has 0 radical (unpaired) electrons. The molecule has 0 saturated heterocycles. The summed E-state index contributed by atoms with van der Waals surface area (Å²) < 4.78 is 17.0. The summed E-state index contributed by atoms with van der Waals surface area (Å²) in [6.45, 7) is 1.85. The summed E-state index contributed by atoms with van der Waals surface area (Å²) in [7, 11) is 0. The van der Waals surface area contributed by atoms with Crippen molar-refractivity contribution in [3.8, 4) is 11.5 Å². The average Bonchev–Trinajstić information content (AvgIpc) is 3.73. The minimum absolute atomic E-state index is 0. The van der Waals surface area contributed by atoms with Crippen LogP contribution >= 0.6 is 0 Å². The zero-order valence-electron chi connectivity index (χ0n) is 28.0.